The maximum atomic E-state index is 12.8. The Bertz CT molecular complexity index is 801. The summed E-state index contributed by atoms with van der Waals surface area (Å²) >= 11 is 0. The van der Waals surface area contributed by atoms with Crippen LogP contribution in [0.5, 0.6) is 5.75 Å². The number of carbonyl (C=O) groups excluding carboxylic acids is 1. The number of carboxylic acid groups (broad SMARTS) is 1. The summed E-state index contributed by atoms with van der Waals surface area (Å²) in [4.78, 5) is 26.0. The van der Waals surface area contributed by atoms with Gasteiger partial charge >= 0.3 is 5.97 Å². The van der Waals surface area contributed by atoms with Gasteiger partial charge in [0.05, 0.1) is 19.4 Å². The monoisotopic (exact) mass is 341 g/mol. The molecule has 0 spiro atoms. The Morgan fingerprint density at radius 3 is 2.80 bits per heavy atom. The van der Waals surface area contributed by atoms with Crippen LogP contribution in [0.25, 0.3) is 10.8 Å². The summed E-state index contributed by atoms with van der Waals surface area (Å²) < 4.78 is 5.30. The van der Waals surface area contributed by atoms with E-state index in [1.54, 1.807) is 12.0 Å². The topological polar surface area (TPSA) is 66.8 Å². The Balaban J connectivity index is 1.85. The number of ether oxygens (including phenoxy) is 1. The first kappa shape index (κ1) is 17.3. The van der Waals surface area contributed by atoms with E-state index < -0.39 is 11.9 Å². The van der Waals surface area contributed by atoms with Crippen molar-refractivity contribution in [2.24, 2.45) is 5.92 Å². The maximum Gasteiger partial charge on any atom is 0.308 e. The summed E-state index contributed by atoms with van der Waals surface area (Å²) in [7, 11) is 1.62. The number of hydrogen-bond donors (Lipinski definition) is 1. The quantitative estimate of drug-likeness (QED) is 0.928. The first-order chi connectivity index (χ1) is 12.0. The number of amides is 1. The zero-order chi connectivity index (χ0) is 18.0. The maximum absolute atomic E-state index is 12.8. The van der Waals surface area contributed by atoms with Crippen LogP contribution in [0.2, 0.25) is 0 Å². The Morgan fingerprint density at radius 1 is 1.28 bits per heavy atom. The highest BCUT2D eigenvalue weighted by atomic mass is 16.5. The lowest BCUT2D eigenvalue weighted by Gasteiger charge is -2.37. The Hall–Kier alpha value is -2.56. The molecule has 0 radical (unpaired) electrons. The number of carbonyl (C=O) groups is 2. The average Bonchev–Trinajstić information content (AvgIpc) is 2.61. The fourth-order valence-corrected chi connectivity index (χ4v) is 3.69. The molecule has 5 heteroatoms. The number of fused-ring (bicyclic) bond motifs is 1. The van der Waals surface area contributed by atoms with Gasteiger partial charge in [-0.2, -0.15) is 0 Å². The fraction of sp³-hybridized carbons (Fsp3) is 0.400. The summed E-state index contributed by atoms with van der Waals surface area (Å²) in [5, 5.41) is 11.4. The molecule has 2 aromatic carbocycles. The molecule has 2 aromatic rings. The number of methoxy groups -OCH3 is 1. The minimum atomic E-state index is -0.820. The van der Waals surface area contributed by atoms with Crippen LogP contribution in [0.15, 0.2) is 36.4 Å². The van der Waals surface area contributed by atoms with Crippen LogP contribution in [-0.4, -0.2) is 41.6 Å². The van der Waals surface area contributed by atoms with Crippen LogP contribution in [0.4, 0.5) is 0 Å². The molecule has 1 saturated heterocycles. The van der Waals surface area contributed by atoms with Crippen molar-refractivity contribution in [1.29, 1.82) is 0 Å². The lowest BCUT2D eigenvalue weighted by molar-refractivity contribution is -0.148. The second-order valence-electron chi connectivity index (χ2n) is 6.60. The summed E-state index contributed by atoms with van der Waals surface area (Å²) in [6, 6.07) is 11.4. The molecule has 132 valence electrons. The van der Waals surface area contributed by atoms with E-state index in [1.165, 1.54) is 0 Å². The van der Waals surface area contributed by atoms with Crippen molar-refractivity contribution in [2.45, 2.75) is 32.2 Å². The lowest BCUT2D eigenvalue weighted by atomic mass is 9.89. The molecule has 0 unspecified atom stereocenters. The summed E-state index contributed by atoms with van der Waals surface area (Å²) in [6.07, 6.45) is 1.63. The predicted molar refractivity (Wildman–Crippen MR) is 95.7 cm³/mol. The van der Waals surface area contributed by atoms with Crippen molar-refractivity contribution in [3.63, 3.8) is 0 Å². The number of benzene rings is 2. The van der Waals surface area contributed by atoms with Crippen molar-refractivity contribution < 1.29 is 19.4 Å². The third-order valence-electron chi connectivity index (χ3n) is 5.15. The number of aliphatic carboxylic acids is 1. The minimum Gasteiger partial charge on any atom is -0.497 e. The highest BCUT2D eigenvalue weighted by Gasteiger charge is 2.35. The third kappa shape index (κ3) is 3.45. The lowest BCUT2D eigenvalue weighted by Crippen LogP contribution is -2.49. The van der Waals surface area contributed by atoms with Gasteiger partial charge in [-0.05, 0) is 48.2 Å². The second kappa shape index (κ2) is 7.13. The summed E-state index contributed by atoms with van der Waals surface area (Å²) in [6.45, 7) is 2.46. The van der Waals surface area contributed by atoms with Gasteiger partial charge in [0.1, 0.15) is 5.75 Å². The molecule has 5 nitrogen and oxygen atoms in total. The normalized spacial score (nSPS) is 20.5. The summed E-state index contributed by atoms with van der Waals surface area (Å²) in [5.41, 5.74) is 0.936. The molecule has 1 fully saturated rings. The first-order valence-electron chi connectivity index (χ1n) is 8.59. The molecule has 1 aliphatic rings. The zero-order valence-electron chi connectivity index (χ0n) is 14.6. The van der Waals surface area contributed by atoms with E-state index in [0.717, 1.165) is 28.5 Å². The van der Waals surface area contributed by atoms with Gasteiger partial charge < -0.3 is 14.7 Å². The van der Waals surface area contributed by atoms with Crippen LogP contribution >= 0.6 is 0 Å². The molecule has 0 bridgehead atoms. The standard InChI is InChI=1S/C20H23NO4/c1-13-17(20(23)24)7-4-10-21(13)19(22)11-15-6-3-5-14-8-9-16(25-2)12-18(14)15/h3,5-6,8-9,12-13,17H,4,7,10-11H2,1-2H3,(H,23,24)/t13-,17-/m0/s1. The largest absolute Gasteiger partial charge is 0.497 e. The molecular formula is C20H23NO4. The van der Waals surface area contributed by atoms with Gasteiger partial charge in [-0.15, -0.1) is 0 Å². The van der Waals surface area contributed by atoms with Gasteiger partial charge in [0.15, 0.2) is 0 Å². The van der Waals surface area contributed by atoms with Gasteiger partial charge in [-0.3, -0.25) is 9.59 Å². The van der Waals surface area contributed by atoms with Crippen LogP contribution in [0.1, 0.15) is 25.3 Å². The number of nitrogens with zero attached hydrogens (tertiary/aromatic N) is 1. The molecule has 0 saturated carbocycles. The van der Waals surface area contributed by atoms with E-state index in [4.69, 9.17) is 4.74 Å². The number of likely N-dealkylation sites (tertiary alicyclic amines) is 1. The van der Waals surface area contributed by atoms with Gasteiger partial charge in [0.2, 0.25) is 5.91 Å². The molecule has 0 aliphatic carbocycles. The van der Waals surface area contributed by atoms with Crippen molar-refractivity contribution >= 4 is 22.6 Å². The number of rotatable bonds is 4. The van der Waals surface area contributed by atoms with E-state index >= 15 is 0 Å². The SMILES string of the molecule is COc1ccc2cccc(CC(=O)N3CCC[C@H](C(=O)O)[C@@H]3C)c2c1. The van der Waals surface area contributed by atoms with E-state index in [-0.39, 0.29) is 18.4 Å². The van der Waals surface area contributed by atoms with E-state index in [1.807, 2.05) is 43.3 Å². The molecule has 1 N–H and O–H groups in total. The third-order valence-corrected chi connectivity index (χ3v) is 5.15. The number of hydrogen-bond acceptors (Lipinski definition) is 3. The van der Waals surface area contributed by atoms with Crippen LogP contribution in [-0.2, 0) is 16.0 Å². The van der Waals surface area contributed by atoms with E-state index in [2.05, 4.69) is 0 Å². The van der Waals surface area contributed by atoms with Gasteiger partial charge in [0.25, 0.3) is 0 Å². The van der Waals surface area contributed by atoms with Crippen molar-refractivity contribution in [3.8, 4) is 5.75 Å². The smallest absolute Gasteiger partial charge is 0.308 e. The predicted octanol–water partition coefficient (Wildman–Crippen LogP) is 3.10. The molecule has 1 aliphatic heterocycles. The van der Waals surface area contributed by atoms with E-state index in [9.17, 15) is 14.7 Å². The summed E-state index contributed by atoms with van der Waals surface area (Å²) in [5.74, 6) is -0.566. The number of piperidine rings is 1. The van der Waals surface area contributed by atoms with Crippen LogP contribution < -0.4 is 4.74 Å². The Kier molecular flexibility index (Phi) is 4.93. The van der Waals surface area contributed by atoms with Gasteiger partial charge in [-0.1, -0.05) is 24.3 Å². The molecule has 1 heterocycles. The Morgan fingerprint density at radius 2 is 2.08 bits per heavy atom. The fourth-order valence-electron chi connectivity index (χ4n) is 3.69. The van der Waals surface area contributed by atoms with Crippen molar-refractivity contribution in [2.75, 3.05) is 13.7 Å². The molecule has 25 heavy (non-hydrogen) atoms. The minimum absolute atomic E-state index is 0.0197. The molecule has 2 atom stereocenters. The van der Waals surface area contributed by atoms with Crippen molar-refractivity contribution in [3.05, 3.63) is 42.0 Å². The van der Waals surface area contributed by atoms with Crippen LogP contribution in [0.3, 0.4) is 0 Å². The Labute approximate surface area is 147 Å². The van der Waals surface area contributed by atoms with Gasteiger partial charge in [0, 0.05) is 12.6 Å². The second-order valence-corrected chi connectivity index (χ2v) is 6.60. The highest BCUT2D eigenvalue weighted by molar-refractivity contribution is 5.91. The average molecular weight is 341 g/mol. The highest BCUT2D eigenvalue weighted by Crippen LogP contribution is 2.27. The zero-order valence-corrected chi connectivity index (χ0v) is 14.6. The first-order valence-corrected chi connectivity index (χ1v) is 8.59. The molecule has 3 rings (SSSR count). The van der Waals surface area contributed by atoms with Crippen LogP contribution in [0, 0.1) is 5.92 Å². The molecular weight excluding hydrogens is 318 g/mol. The van der Waals surface area contributed by atoms with Gasteiger partial charge in [-0.25, -0.2) is 0 Å². The molecule has 1 amide bonds. The molecule has 0 aromatic heterocycles. The number of carboxylic acids is 1. The van der Waals surface area contributed by atoms with Crippen molar-refractivity contribution in [1.82, 2.24) is 4.90 Å². The van der Waals surface area contributed by atoms with E-state index in [0.29, 0.717) is 13.0 Å².